The second-order valence-electron chi connectivity index (χ2n) is 9.36. The van der Waals surface area contributed by atoms with E-state index in [0.717, 1.165) is 31.2 Å². The van der Waals surface area contributed by atoms with E-state index in [0.29, 0.717) is 41.2 Å². The van der Waals surface area contributed by atoms with Gasteiger partial charge < -0.3 is 19.9 Å². The van der Waals surface area contributed by atoms with Crippen LogP contribution in [0, 0.1) is 5.92 Å². The van der Waals surface area contributed by atoms with Crippen LogP contribution in [-0.4, -0.2) is 48.4 Å². The fraction of sp³-hybridized carbons (Fsp3) is 0.423. The number of benzene rings is 2. The van der Waals surface area contributed by atoms with Gasteiger partial charge in [0.25, 0.3) is 5.91 Å². The summed E-state index contributed by atoms with van der Waals surface area (Å²) >= 11 is 6.15. The van der Waals surface area contributed by atoms with E-state index in [4.69, 9.17) is 16.3 Å². The third-order valence-electron chi connectivity index (χ3n) is 6.66. The first kappa shape index (κ1) is 22.7. The first-order valence-corrected chi connectivity index (χ1v) is 12.1. The molecule has 7 nitrogen and oxygen atoms in total. The number of hydrogen-bond acceptors (Lipinski definition) is 4. The summed E-state index contributed by atoms with van der Waals surface area (Å²) in [5, 5.41) is 3.50. The summed E-state index contributed by atoms with van der Waals surface area (Å²) in [5.41, 5.74) is 2.20. The highest BCUT2D eigenvalue weighted by molar-refractivity contribution is 6.31. The smallest absolute Gasteiger partial charge is 0.251 e. The van der Waals surface area contributed by atoms with E-state index in [2.05, 4.69) is 5.32 Å². The zero-order valence-corrected chi connectivity index (χ0v) is 19.9. The van der Waals surface area contributed by atoms with Crippen molar-refractivity contribution in [2.24, 2.45) is 5.92 Å². The van der Waals surface area contributed by atoms with Crippen molar-refractivity contribution in [1.82, 2.24) is 10.2 Å². The topological polar surface area (TPSA) is 79.0 Å². The first-order chi connectivity index (χ1) is 16.4. The van der Waals surface area contributed by atoms with Crippen molar-refractivity contribution < 1.29 is 19.1 Å². The largest absolute Gasteiger partial charge is 0.495 e. The molecule has 2 aromatic carbocycles. The molecule has 1 saturated heterocycles. The lowest BCUT2D eigenvalue weighted by Crippen LogP contribution is -2.38. The third kappa shape index (κ3) is 4.89. The predicted molar refractivity (Wildman–Crippen MR) is 129 cm³/mol. The summed E-state index contributed by atoms with van der Waals surface area (Å²) in [6.45, 7) is 0.775. The fourth-order valence-electron chi connectivity index (χ4n) is 4.44. The van der Waals surface area contributed by atoms with Crippen molar-refractivity contribution >= 4 is 35.0 Å². The van der Waals surface area contributed by atoms with Crippen LogP contribution in [0.15, 0.2) is 42.5 Å². The summed E-state index contributed by atoms with van der Waals surface area (Å²) in [4.78, 5) is 42.1. The number of anilines is 1. The lowest BCUT2D eigenvalue weighted by Gasteiger charge is -2.26. The molecule has 1 unspecified atom stereocenters. The third-order valence-corrected chi connectivity index (χ3v) is 6.89. The number of nitrogens with one attached hydrogen (secondary N) is 1. The number of nitrogens with zero attached hydrogens (tertiary/aromatic N) is 2. The minimum Gasteiger partial charge on any atom is -0.495 e. The first-order valence-electron chi connectivity index (χ1n) is 11.8. The average Bonchev–Trinajstić information content (AvgIpc) is 3.77. The Bertz CT molecular complexity index is 1110. The standard InChI is InChI=1S/C26H28ClN3O4/c1-34-23-11-6-19(27)13-22(23)30-15-18(12-24(30)31)26(33)29(21-9-10-21)14-16-2-4-17(5-3-16)25(32)28-20-7-8-20/h2-6,11,13,18,20-21H,7-10,12,14-15H2,1H3,(H,28,32). The number of rotatable bonds is 8. The van der Waals surface area contributed by atoms with Gasteiger partial charge in [-0.3, -0.25) is 14.4 Å². The Morgan fingerprint density at radius 1 is 1.12 bits per heavy atom. The molecule has 178 valence electrons. The molecule has 0 spiro atoms. The molecule has 1 atom stereocenters. The van der Waals surface area contributed by atoms with Gasteiger partial charge in [0.05, 0.1) is 18.7 Å². The number of carbonyl (C=O) groups is 3. The SMILES string of the molecule is COc1ccc(Cl)cc1N1CC(C(=O)N(Cc2ccc(C(=O)NC3CC3)cc2)C2CC2)CC1=O. The molecule has 2 aromatic rings. The van der Waals surface area contributed by atoms with Crippen molar-refractivity contribution in [1.29, 1.82) is 0 Å². The molecule has 3 amide bonds. The van der Waals surface area contributed by atoms with Gasteiger partial charge in [-0.2, -0.15) is 0 Å². The van der Waals surface area contributed by atoms with E-state index in [1.54, 1.807) is 30.2 Å². The van der Waals surface area contributed by atoms with Gasteiger partial charge in [0.15, 0.2) is 0 Å². The monoisotopic (exact) mass is 481 g/mol. The maximum absolute atomic E-state index is 13.5. The maximum Gasteiger partial charge on any atom is 0.251 e. The van der Waals surface area contributed by atoms with Gasteiger partial charge in [0.1, 0.15) is 5.75 Å². The molecule has 0 radical (unpaired) electrons. The number of ether oxygens (including phenoxy) is 1. The second kappa shape index (κ2) is 9.29. The zero-order valence-electron chi connectivity index (χ0n) is 19.1. The number of hydrogen-bond donors (Lipinski definition) is 1. The lowest BCUT2D eigenvalue weighted by atomic mass is 10.1. The maximum atomic E-state index is 13.5. The van der Waals surface area contributed by atoms with Gasteiger partial charge in [-0.05, 0) is 61.6 Å². The molecule has 1 heterocycles. The Morgan fingerprint density at radius 2 is 1.85 bits per heavy atom. The van der Waals surface area contributed by atoms with E-state index in [1.165, 1.54) is 0 Å². The second-order valence-corrected chi connectivity index (χ2v) is 9.80. The lowest BCUT2D eigenvalue weighted by molar-refractivity contribution is -0.137. The normalized spacial score (nSPS) is 19.8. The summed E-state index contributed by atoms with van der Waals surface area (Å²) in [6.07, 6.45) is 4.21. The van der Waals surface area contributed by atoms with E-state index in [9.17, 15) is 14.4 Å². The molecule has 3 aliphatic rings. The van der Waals surface area contributed by atoms with E-state index >= 15 is 0 Å². The molecule has 5 rings (SSSR count). The van der Waals surface area contributed by atoms with Crippen LogP contribution in [0.4, 0.5) is 5.69 Å². The fourth-order valence-corrected chi connectivity index (χ4v) is 4.61. The van der Waals surface area contributed by atoms with Crippen LogP contribution in [0.25, 0.3) is 0 Å². The van der Waals surface area contributed by atoms with Crippen LogP contribution in [-0.2, 0) is 16.1 Å². The number of amides is 3. The quantitative estimate of drug-likeness (QED) is 0.622. The Morgan fingerprint density at radius 3 is 2.50 bits per heavy atom. The summed E-state index contributed by atoms with van der Waals surface area (Å²) in [6, 6.07) is 13.1. The molecule has 0 aromatic heterocycles. The summed E-state index contributed by atoms with van der Waals surface area (Å²) in [5.74, 6) is -0.0307. The average molecular weight is 482 g/mol. The molecule has 2 aliphatic carbocycles. The molecule has 1 aliphatic heterocycles. The molecule has 3 fully saturated rings. The van der Waals surface area contributed by atoms with Crippen molar-refractivity contribution in [3.05, 3.63) is 58.6 Å². The molecular weight excluding hydrogens is 454 g/mol. The molecule has 8 heteroatoms. The molecule has 0 bridgehead atoms. The van der Waals surface area contributed by atoms with Crippen molar-refractivity contribution in [3.8, 4) is 5.75 Å². The minimum atomic E-state index is -0.416. The van der Waals surface area contributed by atoms with Gasteiger partial charge >= 0.3 is 0 Å². The zero-order chi connectivity index (χ0) is 23.8. The van der Waals surface area contributed by atoms with Crippen molar-refractivity contribution in [2.75, 3.05) is 18.6 Å². The highest BCUT2D eigenvalue weighted by Gasteiger charge is 2.42. The van der Waals surface area contributed by atoms with Crippen LogP contribution in [0.3, 0.4) is 0 Å². The van der Waals surface area contributed by atoms with Gasteiger partial charge in [-0.25, -0.2) is 0 Å². The van der Waals surface area contributed by atoms with Crippen molar-refractivity contribution in [2.45, 2.75) is 50.7 Å². The number of carbonyl (C=O) groups excluding carboxylic acids is 3. The summed E-state index contributed by atoms with van der Waals surface area (Å²) in [7, 11) is 1.55. The number of methoxy groups -OCH3 is 1. The van der Waals surface area contributed by atoms with Crippen molar-refractivity contribution in [3.63, 3.8) is 0 Å². The highest BCUT2D eigenvalue weighted by atomic mass is 35.5. The molecule has 34 heavy (non-hydrogen) atoms. The van der Waals surface area contributed by atoms with Gasteiger partial charge in [0, 0.05) is 42.2 Å². The van der Waals surface area contributed by atoms with E-state index in [1.807, 2.05) is 29.2 Å². The van der Waals surface area contributed by atoms with Gasteiger partial charge in [0.2, 0.25) is 11.8 Å². The Hall–Kier alpha value is -3.06. The van der Waals surface area contributed by atoms with Crippen LogP contribution >= 0.6 is 11.6 Å². The van der Waals surface area contributed by atoms with E-state index < -0.39 is 5.92 Å². The van der Waals surface area contributed by atoms with Crippen LogP contribution in [0.5, 0.6) is 5.75 Å². The number of halogens is 1. The highest BCUT2D eigenvalue weighted by Crippen LogP contribution is 2.37. The molecular formula is C26H28ClN3O4. The molecule has 1 N–H and O–H groups in total. The van der Waals surface area contributed by atoms with Gasteiger partial charge in [-0.1, -0.05) is 23.7 Å². The van der Waals surface area contributed by atoms with E-state index in [-0.39, 0.29) is 30.2 Å². The van der Waals surface area contributed by atoms with Crippen LogP contribution in [0.2, 0.25) is 5.02 Å². The summed E-state index contributed by atoms with van der Waals surface area (Å²) < 4.78 is 5.41. The van der Waals surface area contributed by atoms with Crippen LogP contribution in [0.1, 0.15) is 48.0 Å². The van der Waals surface area contributed by atoms with Gasteiger partial charge in [-0.15, -0.1) is 0 Å². The Balaban J connectivity index is 1.27. The Kier molecular flexibility index (Phi) is 6.21. The Labute approximate surface area is 204 Å². The predicted octanol–water partition coefficient (Wildman–Crippen LogP) is 3.78. The molecule has 2 saturated carbocycles. The van der Waals surface area contributed by atoms with Crippen LogP contribution < -0.4 is 15.0 Å². The minimum absolute atomic E-state index is 0.00472.